The molecule has 13 atom stereocenters. The lowest BCUT2D eigenvalue weighted by molar-refractivity contribution is -0.318. The van der Waals surface area contributed by atoms with Crippen molar-refractivity contribution in [3.63, 3.8) is 0 Å². The van der Waals surface area contributed by atoms with Crippen LogP contribution in [-0.4, -0.2) is 108 Å². The van der Waals surface area contributed by atoms with Crippen molar-refractivity contribution in [3.05, 3.63) is 0 Å². The zero-order valence-electron chi connectivity index (χ0n) is 19.6. The fourth-order valence-corrected chi connectivity index (χ4v) is 10.7. The summed E-state index contributed by atoms with van der Waals surface area (Å²) in [5.41, 5.74) is -4.43. The number of aliphatic hydroxyl groups is 4. The average Bonchev–Trinajstić information content (AvgIpc) is 3.19. The number of likely N-dealkylation sites (N-methyl/N-ethyl adjacent to an activating group) is 1. The van der Waals surface area contributed by atoms with E-state index in [1.165, 1.54) is 0 Å². The number of rotatable bonds is 5. The second-order valence-electron chi connectivity index (χ2n) is 11.7. The van der Waals surface area contributed by atoms with E-state index < -0.39 is 34.9 Å². The van der Waals surface area contributed by atoms with Crippen LogP contribution in [-0.2, 0) is 14.2 Å². The molecule has 182 valence electrons. The van der Waals surface area contributed by atoms with Crippen LogP contribution in [0.2, 0.25) is 0 Å². The number of nitrogens with zero attached hydrogens (tertiary/aromatic N) is 1. The Hall–Kier alpha value is -0.320. The first-order valence-corrected chi connectivity index (χ1v) is 12.3. The number of hydrogen-bond acceptors (Lipinski definition) is 8. The maximum absolute atomic E-state index is 12.6. The summed E-state index contributed by atoms with van der Waals surface area (Å²) < 4.78 is 17.5. The van der Waals surface area contributed by atoms with Crippen molar-refractivity contribution in [1.82, 2.24) is 4.90 Å². The molecule has 1 aliphatic heterocycles. The second kappa shape index (κ2) is 6.66. The maximum atomic E-state index is 12.6. The van der Waals surface area contributed by atoms with Gasteiger partial charge in [-0.3, -0.25) is 4.90 Å². The third kappa shape index (κ3) is 1.99. The molecule has 8 nitrogen and oxygen atoms in total. The SMILES string of the molecule is CCN1C[C@]2(COC)CCC(O)C34C5CC6C(OC)C5[C@](O)(C[C@@H]6OC)C(O)(C(O)C32)C14. The van der Waals surface area contributed by atoms with Crippen LogP contribution in [0.3, 0.4) is 0 Å². The number of hydrogen-bond donors (Lipinski definition) is 4. The van der Waals surface area contributed by atoms with Gasteiger partial charge in [-0.05, 0) is 31.7 Å². The van der Waals surface area contributed by atoms with Crippen LogP contribution >= 0.6 is 0 Å². The molecule has 0 amide bonds. The minimum absolute atomic E-state index is 0.0732. The number of aliphatic hydroxyl groups excluding tert-OH is 2. The monoisotopic (exact) mass is 453 g/mol. The number of likely N-dealkylation sites (tertiary alicyclic amines) is 1. The van der Waals surface area contributed by atoms with E-state index in [9.17, 15) is 20.4 Å². The Morgan fingerprint density at radius 2 is 1.84 bits per heavy atom. The normalized spacial score (nSPS) is 62.4. The van der Waals surface area contributed by atoms with Gasteiger partial charge in [-0.1, -0.05) is 6.92 Å². The van der Waals surface area contributed by atoms with E-state index in [4.69, 9.17) is 14.2 Å². The average molecular weight is 454 g/mol. The third-order valence-electron chi connectivity index (χ3n) is 11.3. The standard InChI is InChI=1S/C24H39NO7/c1-5-25-10-21(11-30-2)7-6-15(26)23-13-8-12-14(31-3)9-22(28,16(13)17(12)32-4)24(29,20(23)25)19(27)18(21)23/h12-20,26-29H,5-11H2,1-4H3/t12?,13?,14-,15?,16?,17?,18?,19?,20?,21-,22+,23?,24?/m0/s1. The highest BCUT2D eigenvalue weighted by molar-refractivity contribution is 5.41. The largest absolute Gasteiger partial charge is 0.392 e. The molecule has 0 radical (unpaired) electrons. The van der Waals surface area contributed by atoms with Crippen molar-refractivity contribution < 1.29 is 34.6 Å². The quantitative estimate of drug-likeness (QED) is 0.446. The lowest BCUT2D eigenvalue weighted by Gasteiger charge is -2.69. The summed E-state index contributed by atoms with van der Waals surface area (Å²) in [7, 11) is 5.00. The Morgan fingerprint density at radius 1 is 1.09 bits per heavy atom. The van der Waals surface area contributed by atoms with Gasteiger partial charge in [0.1, 0.15) is 11.2 Å². The first kappa shape index (κ1) is 22.2. The van der Waals surface area contributed by atoms with Gasteiger partial charge < -0.3 is 34.6 Å². The number of piperidine rings is 1. The van der Waals surface area contributed by atoms with Crippen molar-refractivity contribution >= 4 is 0 Å². The molecular formula is C24H39NO7. The summed E-state index contributed by atoms with van der Waals surface area (Å²) in [6, 6.07) is -0.515. The van der Waals surface area contributed by atoms with Gasteiger partial charge in [0, 0.05) is 62.9 Å². The zero-order chi connectivity index (χ0) is 22.8. The van der Waals surface area contributed by atoms with Crippen molar-refractivity contribution in [2.45, 2.75) is 74.3 Å². The Balaban J connectivity index is 1.65. The van der Waals surface area contributed by atoms with Crippen LogP contribution in [0.15, 0.2) is 0 Å². The van der Waals surface area contributed by atoms with E-state index in [0.29, 0.717) is 26.1 Å². The Bertz CT molecular complexity index is 798. The van der Waals surface area contributed by atoms with Crippen LogP contribution in [0, 0.1) is 34.5 Å². The summed E-state index contributed by atoms with van der Waals surface area (Å²) in [5, 5.41) is 48.9. The molecule has 1 saturated heterocycles. The molecule has 1 heterocycles. The van der Waals surface area contributed by atoms with Crippen LogP contribution in [0.5, 0.6) is 0 Å². The minimum atomic E-state index is -1.78. The summed E-state index contributed by atoms with van der Waals surface area (Å²) in [4.78, 5) is 2.23. The molecule has 1 spiro atoms. The molecule has 8 heteroatoms. The number of fused-ring (bicyclic) bond motifs is 2. The molecule has 5 aliphatic carbocycles. The van der Waals surface area contributed by atoms with E-state index >= 15 is 0 Å². The van der Waals surface area contributed by atoms with Gasteiger partial charge in [-0.25, -0.2) is 0 Å². The zero-order valence-corrected chi connectivity index (χ0v) is 19.6. The molecular weight excluding hydrogens is 414 g/mol. The summed E-state index contributed by atoms with van der Waals surface area (Å²) in [5.74, 6) is -0.671. The fourth-order valence-electron chi connectivity index (χ4n) is 10.7. The van der Waals surface area contributed by atoms with Crippen molar-refractivity contribution in [3.8, 4) is 0 Å². The Labute approximate surface area is 189 Å². The maximum Gasteiger partial charge on any atom is 0.136 e. The molecule has 6 rings (SSSR count). The van der Waals surface area contributed by atoms with Gasteiger partial charge in [0.2, 0.25) is 0 Å². The topological polar surface area (TPSA) is 112 Å². The molecule has 6 aliphatic rings. The van der Waals surface area contributed by atoms with Crippen molar-refractivity contribution in [1.29, 1.82) is 0 Å². The van der Waals surface area contributed by atoms with Gasteiger partial charge in [-0.2, -0.15) is 0 Å². The van der Waals surface area contributed by atoms with Gasteiger partial charge >= 0.3 is 0 Å². The lowest BCUT2D eigenvalue weighted by Crippen LogP contribution is -2.82. The lowest BCUT2D eigenvalue weighted by atomic mass is 9.42. The highest BCUT2D eigenvalue weighted by Gasteiger charge is 2.91. The number of ether oxygens (including phenoxy) is 3. The number of methoxy groups -OCH3 is 3. The van der Waals surface area contributed by atoms with E-state index in [-0.39, 0.29) is 47.7 Å². The van der Waals surface area contributed by atoms with Gasteiger partial charge in [0.15, 0.2) is 0 Å². The molecule has 6 fully saturated rings. The Kier molecular flexibility index (Phi) is 4.62. The van der Waals surface area contributed by atoms with Crippen LogP contribution in [0.4, 0.5) is 0 Å². The molecule has 32 heavy (non-hydrogen) atoms. The molecule has 0 aromatic rings. The summed E-state index contributed by atoms with van der Waals surface area (Å²) in [6.45, 7) is 3.90. The first-order valence-electron chi connectivity index (χ1n) is 12.3. The van der Waals surface area contributed by atoms with Crippen LogP contribution in [0.25, 0.3) is 0 Å². The van der Waals surface area contributed by atoms with E-state index in [1.807, 2.05) is 0 Å². The predicted molar refractivity (Wildman–Crippen MR) is 114 cm³/mol. The van der Waals surface area contributed by atoms with Crippen molar-refractivity contribution in [2.24, 2.45) is 34.5 Å². The van der Waals surface area contributed by atoms with Crippen LogP contribution in [0.1, 0.15) is 32.6 Å². The van der Waals surface area contributed by atoms with Gasteiger partial charge in [0.25, 0.3) is 0 Å². The van der Waals surface area contributed by atoms with E-state index in [2.05, 4.69) is 11.8 Å². The Morgan fingerprint density at radius 3 is 2.47 bits per heavy atom. The fraction of sp³-hybridized carbons (Fsp3) is 1.00. The minimum Gasteiger partial charge on any atom is -0.392 e. The third-order valence-corrected chi connectivity index (χ3v) is 11.3. The molecule has 10 unspecified atom stereocenters. The molecule has 7 bridgehead atoms. The van der Waals surface area contributed by atoms with Gasteiger partial charge in [0.05, 0.1) is 37.1 Å². The first-order chi connectivity index (χ1) is 15.2. The summed E-state index contributed by atoms with van der Waals surface area (Å²) in [6.07, 6.45) is 0.0262. The second-order valence-corrected chi connectivity index (χ2v) is 11.7. The molecule has 0 aromatic carbocycles. The van der Waals surface area contributed by atoms with Crippen LogP contribution < -0.4 is 0 Å². The summed E-state index contributed by atoms with van der Waals surface area (Å²) >= 11 is 0. The smallest absolute Gasteiger partial charge is 0.136 e. The van der Waals surface area contributed by atoms with E-state index in [0.717, 1.165) is 12.8 Å². The molecule has 5 saturated carbocycles. The highest BCUT2D eigenvalue weighted by atomic mass is 16.5. The molecule has 0 aromatic heterocycles. The van der Waals surface area contributed by atoms with E-state index in [1.54, 1.807) is 21.3 Å². The van der Waals surface area contributed by atoms with Gasteiger partial charge in [-0.15, -0.1) is 0 Å². The predicted octanol–water partition coefficient (Wildman–Crippen LogP) is -0.383. The molecule has 4 N–H and O–H groups in total. The van der Waals surface area contributed by atoms with Crippen molar-refractivity contribution in [2.75, 3.05) is 41.0 Å². The highest BCUT2D eigenvalue weighted by Crippen LogP contribution is 2.79.